The molecule has 1 atom stereocenters. The zero-order chi connectivity index (χ0) is 12.1. The Morgan fingerprint density at radius 2 is 2.31 bits per heavy atom. The number of nitrogens with one attached hydrogen (secondary N) is 1. The fourth-order valence-electron chi connectivity index (χ4n) is 1.73. The number of nitrogens with zero attached hydrogens (tertiary/aromatic N) is 3. The topological polar surface area (TPSA) is 62.9 Å². The van der Waals surface area contributed by atoms with Crippen LogP contribution in [-0.2, 0) is 7.05 Å². The molecule has 1 aromatic rings. The molecule has 5 heteroatoms. The van der Waals surface area contributed by atoms with Gasteiger partial charge in [0.05, 0.1) is 24.4 Å². The lowest BCUT2D eigenvalue weighted by Gasteiger charge is -2.12. The third-order valence-corrected chi connectivity index (χ3v) is 2.42. The van der Waals surface area contributed by atoms with E-state index >= 15 is 0 Å². The van der Waals surface area contributed by atoms with E-state index in [4.69, 9.17) is 10.00 Å². The highest BCUT2D eigenvalue weighted by Crippen LogP contribution is 2.27. The van der Waals surface area contributed by atoms with Crippen molar-refractivity contribution in [3.63, 3.8) is 0 Å². The predicted molar refractivity (Wildman–Crippen MR) is 61.1 cm³/mol. The number of nitriles is 1. The van der Waals surface area contributed by atoms with Crippen LogP contribution in [0.5, 0.6) is 5.88 Å². The number of rotatable bonds is 5. The monoisotopic (exact) mass is 222 g/mol. The van der Waals surface area contributed by atoms with Gasteiger partial charge in [0, 0.05) is 7.05 Å². The van der Waals surface area contributed by atoms with Crippen LogP contribution < -0.4 is 10.1 Å². The van der Waals surface area contributed by atoms with Gasteiger partial charge in [-0.15, -0.1) is 0 Å². The molecule has 0 aromatic carbocycles. The first-order chi connectivity index (χ1) is 7.65. The van der Waals surface area contributed by atoms with Crippen LogP contribution in [0.1, 0.15) is 30.6 Å². The van der Waals surface area contributed by atoms with Gasteiger partial charge in [0.15, 0.2) is 0 Å². The molecule has 0 radical (unpaired) electrons. The molecule has 0 aliphatic heterocycles. The van der Waals surface area contributed by atoms with Crippen molar-refractivity contribution in [2.75, 3.05) is 13.7 Å². The van der Waals surface area contributed by atoms with Gasteiger partial charge in [-0.3, -0.25) is 5.32 Å². The summed E-state index contributed by atoms with van der Waals surface area (Å²) in [5, 5.41) is 16.6. The maximum absolute atomic E-state index is 9.15. The van der Waals surface area contributed by atoms with E-state index in [-0.39, 0.29) is 6.04 Å². The number of hydrogen-bond acceptors (Lipinski definition) is 4. The average Bonchev–Trinajstić information content (AvgIpc) is 2.55. The number of methoxy groups -OCH3 is 1. The van der Waals surface area contributed by atoms with Gasteiger partial charge in [-0.2, -0.15) is 10.4 Å². The molecule has 0 saturated carbocycles. The Hall–Kier alpha value is -1.54. The Bertz CT molecular complexity index is 391. The lowest BCUT2D eigenvalue weighted by Crippen LogP contribution is -2.21. The highest BCUT2D eigenvalue weighted by molar-refractivity contribution is 5.37. The summed E-state index contributed by atoms with van der Waals surface area (Å²) < 4.78 is 6.92. The van der Waals surface area contributed by atoms with Gasteiger partial charge in [0.2, 0.25) is 5.88 Å². The van der Waals surface area contributed by atoms with E-state index in [0.717, 1.165) is 24.2 Å². The fraction of sp³-hybridized carbons (Fsp3) is 0.636. The van der Waals surface area contributed by atoms with E-state index in [2.05, 4.69) is 23.4 Å². The molecule has 0 bridgehead atoms. The van der Waals surface area contributed by atoms with E-state index in [1.807, 2.05) is 14.0 Å². The normalized spacial score (nSPS) is 12.2. The minimum Gasteiger partial charge on any atom is -0.481 e. The third-order valence-electron chi connectivity index (χ3n) is 2.42. The highest BCUT2D eigenvalue weighted by atomic mass is 16.5. The Morgan fingerprint density at radius 3 is 2.81 bits per heavy atom. The lowest BCUT2D eigenvalue weighted by atomic mass is 10.1. The standard InChI is InChI=1S/C11H18N4O/c1-5-6-13-9(7-12)10-8(2)14-15(3)11(10)16-4/h9,13H,5-6H2,1-4H3. The molecule has 1 rings (SSSR count). The molecule has 0 spiro atoms. The van der Waals surface area contributed by atoms with Crippen molar-refractivity contribution >= 4 is 0 Å². The summed E-state index contributed by atoms with van der Waals surface area (Å²) in [6, 6.07) is 1.88. The van der Waals surface area contributed by atoms with Gasteiger partial charge >= 0.3 is 0 Å². The smallest absolute Gasteiger partial charge is 0.217 e. The van der Waals surface area contributed by atoms with Crippen LogP contribution in [0.4, 0.5) is 0 Å². The van der Waals surface area contributed by atoms with Crippen molar-refractivity contribution in [1.29, 1.82) is 5.26 Å². The zero-order valence-electron chi connectivity index (χ0n) is 10.2. The van der Waals surface area contributed by atoms with Crippen molar-refractivity contribution in [2.45, 2.75) is 26.3 Å². The molecular weight excluding hydrogens is 204 g/mol. The third kappa shape index (κ3) is 2.34. The Morgan fingerprint density at radius 1 is 1.62 bits per heavy atom. The van der Waals surface area contributed by atoms with Crippen molar-refractivity contribution in [3.8, 4) is 11.9 Å². The van der Waals surface area contributed by atoms with E-state index in [0.29, 0.717) is 5.88 Å². The molecule has 1 aromatic heterocycles. The first kappa shape index (κ1) is 12.5. The largest absolute Gasteiger partial charge is 0.481 e. The molecular formula is C11H18N4O. The Labute approximate surface area is 96.0 Å². The van der Waals surface area contributed by atoms with Crippen molar-refractivity contribution in [2.24, 2.45) is 7.05 Å². The van der Waals surface area contributed by atoms with Gasteiger partial charge < -0.3 is 4.74 Å². The van der Waals surface area contributed by atoms with E-state index in [1.165, 1.54) is 0 Å². The quantitative estimate of drug-likeness (QED) is 0.815. The predicted octanol–water partition coefficient (Wildman–Crippen LogP) is 1.30. The van der Waals surface area contributed by atoms with E-state index in [9.17, 15) is 0 Å². The van der Waals surface area contributed by atoms with Crippen LogP contribution in [0.3, 0.4) is 0 Å². The van der Waals surface area contributed by atoms with Crippen LogP contribution in [0.2, 0.25) is 0 Å². The molecule has 0 saturated heterocycles. The van der Waals surface area contributed by atoms with Gasteiger partial charge in [-0.05, 0) is 19.9 Å². The van der Waals surface area contributed by atoms with Gasteiger partial charge in [0.1, 0.15) is 6.04 Å². The van der Waals surface area contributed by atoms with Gasteiger partial charge in [-0.25, -0.2) is 4.68 Å². The van der Waals surface area contributed by atoms with Crippen LogP contribution in [0.25, 0.3) is 0 Å². The van der Waals surface area contributed by atoms with E-state index in [1.54, 1.807) is 11.8 Å². The zero-order valence-corrected chi connectivity index (χ0v) is 10.2. The van der Waals surface area contributed by atoms with Crippen LogP contribution >= 0.6 is 0 Å². The number of hydrogen-bond donors (Lipinski definition) is 1. The second-order valence-electron chi connectivity index (χ2n) is 3.65. The molecule has 0 aliphatic carbocycles. The summed E-state index contributed by atoms with van der Waals surface area (Å²) in [7, 11) is 3.40. The average molecular weight is 222 g/mol. The molecule has 1 N–H and O–H groups in total. The number of aryl methyl sites for hydroxylation is 2. The first-order valence-electron chi connectivity index (χ1n) is 5.36. The minimum atomic E-state index is -0.358. The summed E-state index contributed by atoms with van der Waals surface area (Å²) in [5.74, 6) is 0.646. The van der Waals surface area contributed by atoms with Crippen LogP contribution in [0, 0.1) is 18.3 Å². The molecule has 0 amide bonds. The van der Waals surface area contributed by atoms with E-state index < -0.39 is 0 Å². The molecule has 1 unspecified atom stereocenters. The SMILES string of the molecule is CCCNC(C#N)c1c(C)nn(C)c1OC. The second-order valence-corrected chi connectivity index (χ2v) is 3.65. The van der Waals surface area contributed by atoms with Gasteiger partial charge in [-0.1, -0.05) is 6.92 Å². The van der Waals surface area contributed by atoms with Crippen molar-refractivity contribution in [3.05, 3.63) is 11.3 Å². The van der Waals surface area contributed by atoms with Crippen LogP contribution in [0.15, 0.2) is 0 Å². The minimum absolute atomic E-state index is 0.358. The summed E-state index contributed by atoms with van der Waals surface area (Å²) in [6.07, 6.45) is 0.986. The molecule has 0 fully saturated rings. The van der Waals surface area contributed by atoms with Crippen LogP contribution in [-0.4, -0.2) is 23.4 Å². The molecule has 16 heavy (non-hydrogen) atoms. The maximum atomic E-state index is 9.15. The summed E-state index contributed by atoms with van der Waals surface area (Å²) in [6.45, 7) is 4.75. The number of aromatic nitrogens is 2. The molecule has 5 nitrogen and oxygen atoms in total. The Balaban J connectivity index is 3.04. The molecule has 1 heterocycles. The fourth-order valence-corrected chi connectivity index (χ4v) is 1.73. The Kier molecular flexibility index (Phi) is 4.32. The lowest BCUT2D eigenvalue weighted by molar-refractivity contribution is 0.366. The first-order valence-corrected chi connectivity index (χ1v) is 5.36. The maximum Gasteiger partial charge on any atom is 0.217 e. The highest BCUT2D eigenvalue weighted by Gasteiger charge is 2.22. The summed E-state index contributed by atoms with van der Waals surface area (Å²) >= 11 is 0. The van der Waals surface area contributed by atoms with Gasteiger partial charge in [0.25, 0.3) is 0 Å². The van der Waals surface area contributed by atoms with Crippen molar-refractivity contribution in [1.82, 2.24) is 15.1 Å². The summed E-state index contributed by atoms with van der Waals surface area (Å²) in [5.41, 5.74) is 1.66. The summed E-state index contributed by atoms with van der Waals surface area (Å²) in [4.78, 5) is 0. The molecule has 0 aliphatic rings. The molecule has 88 valence electrons. The second kappa shape index (κ2) is 5.52. The number of ether oxygens (including phenoxy) is 1. The van der Waals surface area contributed by atoms with Crippen molar-refractivity contribution < 1.29 is 4.74 Å².